The molecule has 1 aliphatic carbocycles. The van der Waals surface area contributed by atoms with Gasteiger partial charge in [-0.3, -0.25) is 4.79 Å². The van der Waals surface area contributed by atoms with Crippen molar-refractivity contribution in [3.63, 3.8) is 0 Å². The molecule has 0 aromatic heterocycles. The van der Waals surface area contributed by atoms with E-state index in [1.807, 2.05) is 31.2 Å². The molecule has 0 radical (unpaired) electrons. The lowest BCUT2D eigenvalue weighted by Crippen LogP contribution is -2.34. The van der Waals surface area contributed by atoms with Crippen LogP contribution in [0.5, 0.6) is 5.75 Å². The Kier molecular flexibility index (Phi) is 4.07. The Morgan fingerprint density at radius 1 is 1.30 bits per heavy atom. The van der Waals surface area contributed by atoms with E-state index in [1.54, 1.807) is 20.1 Å². The van der Waals surface area contributed by atoms with E-state index in [-0.39, 0.29) is 11.6 Å². The molecule has 0 unspecified atom stereocenters. The molecular weight excluding hydrogens is 252 g/mol. The first kappa shape index (κ1) is 14.5. The van der Waals surface area contributed by atoms with Crippen LogP contribution in [0.3, 0.4) is 0 Å². The fourth-order valence-corrected chi connectivity index (χ4v) is 2.72. The molecule has 3 nitrogen and oxygen atoms in total. The molecule has 1 aromatic carbocycles. The van der Waals surface area contributed by atoms with Gasteiger partial charge < -0.3 is 9.53 Å². The van der Waals surface area contributed by atoms with Crippen molar-refractivity contribution in [1.29, 1.82) is 0 Å². The highest BCUT2D eigenvalue weighted by molar-refractivity contribution is 6.04. The molecular formula is C17H20O3. The fourth-order valence-electron chi connectivity index (χ4n) is 2.72. The molecule has 0 saturated heterocycles. The maximum Gasteiger partial charge on any atom is 0.165 e. The van der Waals surface area contributed by atoms with Gasteiger partial charge in [0.05, 0.1) is 12.5 Å². The van der Waals surface area contributed by atoms with E-state index < -0.39 is 5.41 Å². The zero-order valence-corrected chi connectivity index (χ0v) is 12.2. The number of hydrogen-bond acceptors (Lipinski definition) is 3. The van der Waals surface area contributed by atoms with Crippen LogP contribution in [0.2, 0.25) is 0 Å². The molecule has 0 bridgehead atoms. The Hall–Kier alpha value is -1.90. The lowest BCUT2D eigenvalue weighted by Gasteiger charge is -2.32. The van der Waals surface area contributed by atoms with Gasteiger partial charge >= 0.3 is 0 Å². The third-order valence-corrected chi connectivity index (χ3v) is 4.02. The molecule has 3 heteroatoms. The summed E-state index contributed by atoms with van der Waals surface area (Å²) in [4.78, 5) is 23.4. The first-order valence-corrected chi connectivity index (χ1v) is 6.88. The summed E-state index contributed by atoms with van der Waals surface area (Å²) in [5.41, 5.74) is 1.48. The minimum Gasteiger partial charge on any atom is -0.497 e. The monoisotopic (exact) mass is 272 g/mol. The highest BCUT2D eigenvalue weighted by Gasteiger charge is 2.37. The Morgan fingerprint density at radius 2 is 2.05 bits per heavy atom. The van der Waals surface area contributed by atoms with Gasteiger partial charge in [-0.2, -0.15) is 0 Å². The number of fused-ring (bicyclic) bond motifs is 1. The van der Waals surface area contributed by atoms with Gasteiger partial charge in [0.2, 0.25) is 0 Å². The average molecular weight is 272 g/mol. The summed E-state index contributed by atoms with van der Waals surface area (Å²) in [6.45, 7) is 3.54. The van der Waals surface area contributed by atoms with Crippen molar-refractivity contribution in [2.75, 3.05) is 7.11 Å². The lowest BCUT2D eigenvalue weighted by molar-refractivity contribution is -0.120. The highest BCUT2D eigenvalue weighted by atomic mass is 16.5. The maximum atomic E-state index is 12.3. The van der Waals surface area contributed by atoms with Crippen molar-refractivity contribution >= 4 is 17.6 Å². The Balaban J connectivity index is 2.34. The van der Waals surface area contributed by atoms with Gasteiger partial charge in [0, 0.05) is 6.42 Å². The molecule has 1 aliphatic rings. The molecule has 0 heterocycles. The van der Waals surface area contributed by atoms with Gasteiger partial charge in [-0.15, -0.1) is 0 Å². The van der Waals surface area contributed by atoms with Crippen LogP contribution in [-0.4, -0.2) is 18.7 Å². The van der Waals surface area contributed by atoms with Gasteiger partial charge in [-0.25, -0.2) is 0 Å². The number of hydrogen-bond donors (Lipinski definition) is 0. The summed E-state index contributed by atoms with van der Waals surface area (Å²) in [6.07, 6.45) is 5.41. The summed E-state index contributed by atoms with van der Waals surface area (Å²) in [5.74, 6) is 1.02. The second-order valence-electron chi connectivity index (χ2n) is 5.54. The van der Waals surface area contributed by atoms with Gasteiger partial charge in [0.15, 0.2) is 5.78 Å². The van der Waals surface area contributed by atoms with Crippen molar-refractivity contribution in [1.82, 2.24) is 0 Å². The molecule has 2 rings (SSSR count). The summed E-state index contributed by atoms with van der Waals surface area (Å²) < 4.78 is 5.26. The van der Waals surface area contributed by atoms with Crippen LogP contribution >= 0.6 is 0 Å². The molecule has 0 spiro atoms. The Labute approximate surface area is 119 Å². The number of methoxy groups -OCH3 is 1. The van der Waals surface area contributed by atoms with Gasteiger partial charge in [-0.1, -0.05) is 12.1 Å². The molecule has 0 amide bonds. The van der Waals surface area contributed by atoms with E-state index >= 15 is 0 Å². The molecule has 0 aliphatic heterocycles. The predicted octanol–water partition coefficient (Wildman–Crippen LogP) is 3.31. The quantitative estimate of drug-likeness (QED) is 0.826. The van der Waals surface area contributed by atoms with Crippen molar-refractivity contribution < 1.29 is 14.3 Å². The fraction of sp³-hybridized carbons (Fsp3) is 0.412. The zero-order chi connectivity index (χ0) is 14.8. The molecule has 1 atom stereocenters. The SMILES string of the molecule is COc1ccc2c(c1)[C@@](C)(CCCC(C)=O)C(=O)C=C2. The average Bonchev–Trinajstić information content (AvgIpc) is 2.42. The predicted molar refractivity (Wildman–Crippen MR) is 78.9 cm³/mol. The van der Waals surface area contributed by atoms with E-state index in [0.29, 0.717) is 12.8 Å². The first-order valence-electron chi connectivity index (χ1n) is 6.88. The van der Waals surface area contributed by atoms with E-state index in [1.165, 1.54) is 0 Å². The maximum absolute atomic E-state index is 12.3. The number of benzene rings is 1. The van der Waals surface area contributed by atoms with Gasteiger partial charge in [0.1, 0.15) is 11.5 Å². The van der Waals surface area contributed by atoms with Crippen LogP contribution < -0.4 is 4.74 Å². The highest BCUT2D eigenvalue weighted by Crippen LogP contribution is 2.39. The molecule has 20 heavy (non-hydrogen) atoms. The number of Topliss-reactive ketones (excluding diaryl/α,β-unsaturated/α-hetero) is 1. The van der Waals surface area contributed by atoms with Gasteiger partial charge in [0.25, 0.3) is 0 Å². The van der Waals surface area contributed by atoms with Crippen LogP contribution in [0.4, 0.5) is 0 Å². The molecule has 1 aromatic rings. The summed E-state index contributed by atoms with van der Waals surface area (Å²) >= 11 is 0. The Bertz CT molecular complexity index is 572. The van der Waals surface area contributed by atoms with Crippen molar-refractivity contribution in [2.24, 2.45) is 0 Å². The van der Waals surface area contributed by atoms with E-state index in [0.717, 1.165) is 23.3 Å². The second-order valence-corrected chi connectivity index (χ2v) is 5.54. The molecule has 0 saturated carbocycles. The molecule has 0 N–H and O–H groups in total. The summed E-state index contributed by atoms with van der Waals surface area (Å²) in [5, 5.41) is 0. The van der Waals surface area contributed by atoms with Crippen LogP contribution in [0.15, 0.2) is 24.3 Å². The van der Waals surface area contributed by atoms with E-state index in [9.17, 15) is 9.59 Å². The summed E-state index contributed by atoms with van der Waals surface area (Å²) in [6, 6.07) is 5.81. The van der Waals surface area contributed by atoms with Crippen LogP contribution in [0.25, 0.3) is 6.08 Å². The third kappa shape index (κ3) is 2.67. The van der Waals surface area contributed by atoms with Crippen molar-refractivity contribution in [2.45, 2.75) is 38.5 Å². The Morgan fingerprint density at radius 3 is 2.70 bits per heavy atom. The van der Waals surface area contributed by atoms with Crippen LogP contribution in [0.1, 0.15) is 44.2 Å². The number of ether oxygens (including phenoxy) is 1. The lowest BCUT2D eigenvalue weighted by atomic mass is 9.70. The number of rotatable bonds is 5. The zero-order valence-electron chi connectivity index (χ0n) is 12.2. The van der Waals surface area contributed by atoms with E-state index in [2.05, 4.69) is 0 Å². The first-order chi connectivity index (χ1) is 9.47. The number of ketones is 2. The number of carbonyl (C=O) groups excluding carboxylic acids is 2. The minimum atomic E-state index is -0.561. The minimum absolute atomic E-state index is 0.0989. The van der Waals surface area contributed by atoms with Crippen molar-refractivity contribution in [3.8, 4) is 5.75 Å². The third-order valence-electron chi connectivity index (χ3n) is 4.02. The summed E-state index contributed by atoms with van der Waals surface area (Å²) in [7, 11) is 1.62. The van der Waals surface area contributed by atoms with Crippen LogP contribution in [0, 0.1) is 0 Å². The standard InChI is InChI=1S/C17H20O3/c1-12(18)5-4-10-17(2)15-11-14(20-3)8-6-13(15)7-9-16(17)19/h6-9,11H,4-5,10H2,1-3H3/t17-/m1/s1. The van der Waals surface area contributed by atoms with Crippen LogP contribution in [-0.2, 0) is 15.0 Å². The van der Waals surface area contributed by atoms with Gasteiger partial charge in [-0.05, 0) is 56.0 Å². The second kappa shape index (κ2) is 5.61. The smallest absolute Gasteiger partial charge is 0.165 e. The largest absolute Gasteiger partial charge is 0.497 e. The van der Waals surface area contributed by atoms with E-state index in [4.69, 9.17) is 4.74 Å². The number of allylic oxidation sites excluding steroid dienone is 1. The molecule has 0 fully saturated rings. The molecule has 106 valence electrons. The van der Waals surface area contributed by atoms with Crippen molar-refractivity contribution in [3.05, 3.63) is 35.4 Å². The topological polar surface area (TPSA) is 43.4 Å². The normalized spacial score (nSPS) is 20.6. The number of carbonyl (C=O) groups is 2.